The van der Waals surface area contributed by atoms with Crippen molar-refractivity contribution in [1.82, 2.24) is 0 Å². The second-order valence-electron chi connectivity index (χ2n) is 6.26. The lowest BCUT2D eigenvalue weighted by Gasteiger charge is -2.07. The third kappa shape index (κ3) is 9.33. The molecule has 1 atom stereocenters. The molecular formula is C22H31NO. The molecule has 0 aliphatic rings. The zero-order valence-corrected chi connectivity index (χ0v) is 15.0. The SMILES string of the molecule is CCCCCCCCC/C=C\C=C\C[C@H](O)c1cccc(C#N)c1. The van der Waals surface area contributed by atoms with Gasteiger partial charge in [-0.3, -0.25) is 0 Å². The fourth-order valence-electron chi connectivity index (χ4n) is 2.63. The van der Waals surface area contributed by atoms with Crippen LogP contribution in [0.5, 0.6) is 0 Å². The minimum absolute atomic E-state index is 0.550. The van der Waals surface area contributed by atoms with Gasteiger partial charge in [-0.1, -0.05) is 81.9 Å². The first-order chi connectivity index (χ1) is 11.8. The van der Waals surface area contributed by atoms with Crippen LogP contribution in [0.3, 0.4) is 0 Å². The molecule has 0 spiro atoms. The predicted molar refractivity (Wildman–Crippen MR) is 102 cm³/mol. The summed E-state index contributed by atoms with van der Waals surface area (Å²) in [7, 11) is 0. The molecule has 0 fully saturated rings. The van der Waals surface area contributed by atoms with Crippen molar-refractivity contribution in [3.63, 3.8) is 0 Å². The Balaban J connectivity index is 2.13. The fourth-order valence-corrected chi connectivity index (χ4v) is 2.63. The number of allylic oxidation sites excluding steroid dienone is 3. The van der Waals surface area contributed by atoms with Crippen LogP contribution in [0.25, 0.3) is 0 Å². The minimum atomic E-state index is -0.550. The molecule has 1 aromatic carbocycles. The molecule has 0 saturated heterocycles. The van der Waals surface area contributed by atoms with E-state index in [1.807, 2.05) is 24.3 Å². The van der Waals surface area contributed by atoms with Crippen LogP contribution in [0.4, 0.5) is 0 Å². The first-order valence-electron chi connectivity index (χ1n) is 9.27. The van der Waals surface area contributed by atoms with E-state index in [9.17, 15) is 5.11 Å². The Morgan fingerprint density at radius 2 is 1.75 bits per heavy atom. The average Bonchev–Trinajstić information content (AvgIpc) is 2.62. The van der Waals surface area contributed by atoms with Crippen molar-refractivity contribution < 1.29 is 5.11 Å². The average molecular weight is 325 g/mol. The van der Waals surface area contributed by atoms with Crippen molar-refractivity contribution in [3.05, 3.63) is 59.7 Å². The zero-order chi connectivity index (χ0) is 17.5. The van der Waals surface area contributed by atoms with Gasteiger partial charge in [-0.25, -0.2) is 0 Å². The number of nitrogens with zero attached hydrogens (tertiary/aromatic N) is 1. The lowest BCUT2D eigenvalue weighted by molar-refractivity contribution is 0.181. The number of hydrogen-bond acceptors (Lipinski definition) is 2. The van der Waals surface area contributed by atoms with Crippen molar-refractivity contribution in [2.45, 2.75) is 70.8 Å². The number of benzene rings is 1. The van der Waals surface area contributed by atoms with Crippen molar-refractivity contribution in [2.24, 2.45) is 0 Å². The Labute approximate surface area is 147 Å². The van der Waals surface area contributed by atoms with Gasteiger partial charge < -0.3 is 5.11 Å². The number of rotatable bonds is 12. The third-order valence-electron chi connectivity index (χ3n) is 4.12. The summed E-state index contributed by atoms with van der Waals surface area (Å²) in [6.45, 7) is 2.25. The van der Waals surface area contributed by atoms with Crippen molar-refractivity contribution >= 4 is 0 Å². The molecule has 0 aliphatic carbocycles. The molecule has 24 heavy (non-hydrogen) atoms. The van der Waals surface area contributed by atoms with Gasteiger partial charge in [0.05, 0.1) is 17.7 Å². The highest BCUT2D eigenvalue weighted by molar-refractivity contribution is 5.33. The summed E-state index contributed by atoms with van der Waals surface area (Å²) in [6, 6.07) is 9.26. The molecular weight excluding hydrogens is 294 g/mol. The van der Waals surface area contributed by atoms with E-state index in [4.69, 9.17) is 5.26 Å². The van der Waals surface area contributed by atoms with Crippen LogP contribution in [0.2, 0.25) is 0 Å². The molecule has 0 bridgehead atoms. The van der Waals surface area contributed by atoms with Gasteiger partial charge in [0.2, 0.25) is 0 Å². The number of aliphatic hydroxyl groups excluding tert-OH is 1. The van der Waals surface area contributed by atoms with Gasteiger partial charge in [-0.2, -0.15) is 5.26 Å². The number of nitriles is 1. The molecule has 2 heteroatoms. The van der Waals surface area contributed by atoms with E-state index in [1.165, 1.54) is 44.9 Å². The van der Waals surface area contributed by atoms with Gasteiger partial charge in [0.1, 0.15) is 0 Å². The first-order valence-corrected chi connectivity index (χ1v) is 9.27. The maximum Gasteiger partial charge on any atom is 0.0991 e. The van der Waals surface area contributed by atoms with Gasteiger partial charge in [-0.05, 0) is 37.0 Å². The summed E-state index contributed by atoms with van der Waals surface area (Å²) in [5.74, 6) is 0. The Morgan fingerprint density at radius 3 is 2.50 bits per heavy atom. The van der Waals surface area contributed by atoms with Gasteiger partial charge in [0.25, 0.3) is 0 Å². The monoisotopic (exact) mass is 325 g/mol. The second-order valence-corrected chi connectivity index (χ2v) is 6.26. The number of unbranched alkanes of at least 4 members (excludes halogenated alkanes) is 7. The number of hydrogen-bond donors (Lipinski definition) is 1. The lowest BCUT2D eigenvalue weighted by atomic mass is 10.0. The molecule has 0 amide bonds. The highest BCUT2D eigenvalue weighted by atomic mass is 16.3. The van der Waals surface area contributed by atoms with Gasteiger partial charge >= 0.3 is 0 Å². The van der Waals surface area contributed by atoms with Crippen molar-refractivity contribution in [2.75, 3.05) is 0 Å². The van der Waals surface area contributed by atoms with Crippen LogP contribution < -0.4 is 0 Å². The molecule has 0 aliphatic heterocycles. The molecule has 2 nitrogen and oxygen atoms in total. The van der Waals surface area contributed by atoms with Crippen molar-refractivity contribution in [1.29, 1.82) is 5.26 Å². The van der Waals surface area contributed by atoms with E-state index < -0.39 is 6.10 Å². The quantitative estimate of drug-likeness (QED) is 0.365. The zero-order valence-electron chi connectivity index (χ0n) is 15.0. The smallest absolute Gasteiger partial charge is 0.0991 e. The summed E-state index contributed by atoms with van der Waals surface area (Å²) in [5.41, 5.74) is 1.39. The maximum atomic E-state index is 10.1. The van der Waals surface area contributed by atoms with E-state index in [0.717, 1.165) is 12.0 Å². The van der Waals surface area contributed by atoms with E-state index in [-0.39, 0.29) is 0 Å². The van der Waals surface area contributed by atoms with Crippen LogP contribution in [-0.4, -0.2) is 5.11 Å². The molecule has 130 valence electrons. The number of aliphatic hydroxyl groups is 1. The van der Waals surface area contributed by atoms with Crippen LogP contribution in [-0.2, 0) is 0 Å². The van der Waals surface area contributed by atoms with Gasteiger partial charge in [0, 0.05) is 0 Å². The molecule has 0 heterocycles. The molecule has 1 N–H and O–H groups in total. The summed E-state index contributed by atoms with van der Waals surface area (Å²) in [6.07, 6.45) is 18.8. The summed E-state index contributed by atoms with van der Waals surface area (Å²) >= 11 is 0. The van der Waals surface area contributed by atoms with Crippen LogP contribution in [0.15, 0.2) is 48.6 Å². The molecule has 1 aromatic rings. The highest BCUT2D eigenvalue weighted by Crippen LogP contribution is 2.18. The minimum Gasteiger partial charge on any atom is -0.388 e. The van der Waals surface area contributed by atoms with E-state index in [1.54, 1.807) is 12.1 Å². The predicted octanol–water partition coefficient (Wildman–Crippen LogP) is 6.23. The van der Waals surface area contributed by atoms with Gasteiger partial charge in [-0.15, -0.1) is 0 Å². The largest absolute Gasteiger partial charge is 0.388 e. The Morgan fingerprint density at radius 1 is 1.04 bits per heavy atom. The van der Waals surface area contributed by atoms with Crippen molar-refractivity contribution in [3.8, 4) is 6.07 Å². The molecule has 0 saturated carbocycles. The third-order valence-corrected chi connectivity index (χ3v) is 4.12. The second kappa shape index (κ2) is 13.6. The molecule has 0 aromatic heterocycles. The molecule has 0 radical (unpaired) electrons. The van der Waals surface area contributed by atoms with E-state index in [0.29, 0.717) is 12.0 Å². The van der Waals surface area contributed by atoms with E-state index >= 15 is 0 Å². The Bertz CT molecular complexity index is 539. The summed E-state index contributed by atoms with van der Waals surface area (Å²) < 4.78 is 0. The molecule has 0 unspecified atom stereocenters. The maximum absolute atomic E-state index is 10.1. The topological polar surface area (TPSA) is 44.0 Å². The van der Waals surface area contributed by atoms with Crippen LogP contribution in [0.1, 0.15) is 81.9 Å². The lowest BCUT2D eigenvalue weighted by Crippen LogP contribution is -1.95. The van der Waals surface area contributed by atoms with Crippen LogP contribution in [0, 0.1) is 11.3 Å². The normalized spacial score (nSPS) is 12.7. The van der Waals surface area contributed by atoms with E-state index in [2.05, 4.69) is 25.1 Å². The Hall–Kier alpha value is -1.85. The van der Waals surface area contributed by atoms with Crippen LogP contribution >= 0.6 is 0 Å². The Kier molecular flexibility index (Phi) is 11.4. The first kappa shape index (κ1) is 20.2. The standard InChI is InChI=1S/C22H31NO/c1-2-3-4-5-6-7-8-9-10-11-12-13-17-22(24)21-16-14-15-20(18-21)19-23/h10-16,18,22,24H,2-9,17H2,1H3/b11-10-,13-12+/t22-/m0/s1. The molecule has 1 rings (SSSR count). The summed E-state index contributed by atoms with van der Waals surface area (Å²) in [5, 5.41) is 19.0. The highest BCUT2D eigenvalue weighted by Gasteiger charge is 2.05. The van der Waals surface area contributed by atoms with Gasteiger partial charge in [0.15, 0.2) is 0 Å². The fraction of sp³-hybridized carbons (Fsp3) is 0.500. The summed E-state index contributed by atoms with van der Waals surface area (Å²) in [4.78, 5) is 0.